The van der Waals surface area contributed by atoms with Crippen LogP contribution in [-0.4, -0.2) is 71.3 Å². The number of carboxylic acids is 1. The zero-order valence-electron chi connectivity index (χ0n) is 14.3. The van der Waals surface area contributed by atoms with Crippen LogP contribution in [0.15, 0.2) is 28.8 Å². The number of rotatable bonds is 5. The third kappa shape index (κ3) is 2.83. The number of aliphatic carboxylic acids is 1. The van der Waals surface area contributed by atoms with Crippen molar-refractivity contribution in [2.24, 2.45) is 11.3 Å². The maximum absolute atomic E-state index is 12.0. The van der Waals surface area contributed by atoms with Crippen molar-refractivity contribution in [2.45, 2.75) is 6.54 Å². The van der Waals surface area contributed by atoms with Gasteiger partial charge in [0.2, 0.25) is 10.0 Å². The molecule has 0 unspecified atom stereocenters. The Morgan fingerprint density at radius 2 is 2.19 bits per heavy atom. The molecule has 0 spiro atoms. The third-order valence-corrected chi connectivity index (χ3v) is 6.57. The number of fused-ring (bicyclic) bond motifs is 1. The maximum Gasteiger partial charge on any atom is 0.312 e. The summed E-state index contributed by atoms with van der Waals surface area (Å²) in [7, 11) is -3.39. The van der Waals surface area contributed by atoms with E-state index in [1.54, 1.807) is 6.20 Å². The van der Waals surface area contributed by atoms with Crippen LogP contribution < -0.4 is 0 Å². The first-order chi connectivity index (χ1) is 12.3. The molecule has 0 saturated carbocycles. The second-order valence-corrected chi connectivity index (χ2v) is 9.10. The van der Waals surface area contributed by atoms with Gasteiger partial charge in [-0.15, -0.1) is 0 Å². The molecule has 2 N–H and O–H groups in total. The van der Waals surface area contributed by atoms with E-state index in [0.717, 1.165) is 17.7 Å². The largest absolute Gasteiger partial charge is 0.481 e. The summed E-state index contributed by atoms with van der Waals surface area (Å²) in [5, 5.41) is 16.5. The van der Waals surface area contributed by atoms with Gasteiger partial charge in [-0.25, -0.2) is 12.7 Å². The molecule has 26 heavy (non-hydrogen) atoms. The number of H-pyrrole nitrogens is 1. The standard InChI is InChI=1S/C16H20N4O5S/c1-26(23,24)20-7-11-6-19(9-16(11,10-20)15(21)22)8-12-2-3-14(25-12)13-4-5-17-18-13/h2-5,11H,6-10H2,1H3,(H,17,18)(H,21,22)/t11-,16-/m1/s1. The van der Waals surface area contributed by atoms with Crippen LogP contribution in [0.3, 0.4) is 0 Å². The van der Waals surface area contributed by atoms with Crippen molar-refractivity contribution in [3.63, 3.8) is 0 Å². The van der Waals surface area contributed by atoms with Crippen molar-refractivity contribution in [3.05, 3.63) is 30.2 Å². The lowest BCUT2D eigenvalue weighted by molar-refractivity contribution is -0.148. The summed E-state index contributed by atoms with van der Waals surface area (Å²) in [6, 6.07) is 5.51. The Morgan fingerprint density at radius 3 is 2.81 bits per heavy atom. The Bertz CT molecular complexity index is 922. The molecule has 2 atom stereocenters. The monoisotopic (exact) mass is 380 g/mol. The molecule has 0 amide bonds. The number of aromatic amines is 1. The molecular formula is C16H20N4O5S. The van der Waals surface area contributed by atoms with E-state index in [0.29, 0.717) is 25.4 Å². The molecule has 2 saturated heterocycles. The molecule has 0 bridgehead atoms. The van der Waals surface area contributed by atoms with Gasteiger partial charge in [-0.2, -0.15) is 5.10 Å². The minimum absolute atomic E-state index is 0.0277. The molecular weight excluding hydrogens is 360 g/mol. The lowest BCUT2D eigenvalue weighted by Gasteiger charge is -2.24. The topological polar surface area (TPSA) is 120 Å². The normalized spacial score (nSPS) is 27.0. The molecule has 2 aliphatic rings. The Morgan fingerprint density at radius 1 is 1.38 bits per heavy atom. The van der Waals surface area contributed by atoms with Gasteiger partial charge in [0.1, 0.15) is 11.5 Å². The minimum atomic E-state index is -3.39. The fourth-order valence-electron chi connectivity index (χ4n) is 4.02. The van der Waals surface area contributed by atoms with Gasteiger partial charge in [-0.1, -0.05) is 0 Å². The van der Waals surface area contributed by atoms with Gasteiger partial charge in [0.15, 0.2) is 5.76 Å². The van der Waals surface area contributed by atoms with Gasteiger partial charge >= 0.3 is 5.97 Å². The number of carbonyl (C=O) groups is 1. The average Bonchev–Trinajstić information content (AvgIpc) is 3.29. The fourth-order valence-corrected chi connectivity index (χ4v) is 4.94. The predicted molar refractivity (Wildman–Crippen MR) is 91.5 cm³/mol. The highest BCUT2D eigenvalue weighted by Crippen LogP contribution is 2.44. The molecule has 10 heteroatoms. The van der Waals surface area contributed by atoms with Crippen LogP contribution in [0.4, 0.5) is 0 Å². The van der Waals surface area contributed by atoms with E-state index >= 15 is 0 Å². The molecule has 0 radical (unpaired) electrons. The van der Waals surface area contributed by atoms with E-state index in [9.17, 15) is 18.3 Å². The number of sulfonamides is 1. The first kappa shape index (κ1) is 17.3. The molecule has 2 aliphatic heterocycles. The van der Waals surface area contributed by atoms with Crippen molar-refractivity contribution in [1.82, 2.24) is 19.4 Å². The van der Waals surface area contributed by atoms with Gasteiger partial charge in [0.25, 0.3) is 0 Å². The molecule has 4 rings (SSSR count). The SMILES string of the molecule is CS(=O)(=O)N1C[C@H]2CN(Cc3ccc(-c4ccn[nH]4)o3)C[C@@]2(C(=O)O)C1. The van der Waals surface area contributed by atoms with Crippen LogP contribution in [0, 0.1) is 11.3 Å². The smallest absolute Gasteiger partial charge is 0.312 e. The Hall–Kier alpha value is -2.17. The first-order valence-electron chi connectivity index (χ1n) is 8.27. The van der Waals surface area contributed by atoms with Gasteiger partial charge in [0.05, 0.1) is 18.2 Å². The van der Waals surface area contributed by atoms with E-state index in [-0.39, 0.29) is 19.0 Å². The number of hydrogen-bond donors (Lipinski definition) is 2. The Labute approximate surface area is 150 Å². The van der Waals surface area contributed by atoms with E-state index in [1.165, 1.54) is 4.31 Å². The molecule has 2 fully saturated rings. The van der Waals surface area contributed by atoms with Crippen molar-refractivity contribution in [3.8, 4) is 11.5 Å². The molecule has 2 aromatic heterocycles. The summed E-state index contributed by atoms with van der Waals surface area (Å²) in [4.78, 5) is 14.0. The number of aromatic nitrogens is 2. The first-order valence-corrected chi connectivity index (χ1v) is 10.1. The molecule has 4 heterocycles. The number of nitrogens with zero attached hydrogens (tertiary/aromatic N) is 3. The van der Waals surface area contributed by atoms with E-state index < -0.39 is 21.4 Å². The zero-order valence-corrected chi connectivity index (χ0v) is 15.1. The van der Waals surface area contributed by atoms with E-state index in [4.69, 9.17) is 4.42 Å². The van der Waals surface area contributed by atoms with Gasteiger partial charge < -0.3 is 9.52 Å². The van der Waals surface area contributed by atoms with Gasteiger partial charge in [-0.05, 0) is 18.2 Å². The van der Waals surface area contributed by atoms with Crippen LogP contribution >= 0.6 is 0 Å². The Balaban J connectivity index is 1.49. The van der Waals surface area contributed by atoms with Crippen molar-refractivity contribution < 1.29 is 22.7 Å². The zero-order chi connectivity index (χ0) is 18.5. The highest BCUT2D eigenvalue weighted by molar-refractivity contribution is 7.88. The maximum atomic E-state index is 12.0. The highest BCUT2D eigenvalue weighted by Gasteiger charge is 2.59. The minimum Gasteiger partial charge on any atom is -0.481 e. The number of hydrogen-bond acceptors (Lipinski definition) is 6. The third-order valence-electron chi connectivity index (χ3n) is 5.35. The summed E-state index contributed by atoms with van der Waals surface area (Å²) in [5.41, 5.74) is -0.276. The molecule has 0 aromatic carbocycles. The summed E-state index contributed by atoms with van der Waals surface area (Å²) in [6.45, 7) is 1.59. The second-order valence-electron chi connectivity index (χ2n) is 7.12. The summed E-state index contributed by atoms with van der Waals surface area (Å²) in [6.07, 6.45) is 2.77. The van der Waals surface area contributed by atoms with Crippen LogP contribution in [-0.2, 0) is 21.4 Å². The molecule has 9 nitrogen and oxygen atoms in total. The number of likely N-dealkylation sites (tertiary alicyclic amines) is 1. The predicted octanol–water partition coefficient (Wildman–Crippen LogP) is 0.448. The highest BCUT2D eigenvalue weighted by atomic mass is 32.2. The van der Waals surface area contributed by atoms with Crippen molar-refractivity contribution in [1.29, 1.82) is 0 Å². The lowest BCUT2D eigenvalue weighted by Crippen LogP contribution is -2.41. The van der Waals surface area contributed by atoms with Crippen LogP contribution in [0.2, 0.25) is 0 Å². The second kappa shape index (κ2) is 5.93. The number of nitrogens with one attached hydrogen (secondary N) is 1. The van der Waals surface area contributed by atoms with Gasteiger partial charge in [0, 0.05) is 38.3 Å². The molecule has 140 valence electrons. The van der Waals surface area contributed by atoms with E-state index in [1.807, 2.05) is 23.1 Å². The number of carboxylic acid groups (broad SMARTS) is 1. The summed E-state index contributed by atoms with van der Waals surface area (Å²) < 4.78 is 30.7. The summed E-state index contributed by atoms with van der Waals surface area (Å²) in [5.74, 6) is 0.244. The average molecular weight is 380 g/mol. The van der Waals surface area contributed by atoms with Crippen LogP contribution in [0.25, 0.3) is 11.5 Å². The molecule has 0 aliphatic carbocycles. The quantitative estimate of drug-likeness (QED) is 0.773. The van der Waals surface area contributed by atoms with Crippen LogP contribution in [0.5, 0.6) is 0 Å². The summed E-state index contributed by atoms with van der Waals surface area (Å²) >= 11 is 0. The van der Waals surface area contributed by atoms with E-state index in [2.05, 4.69) is 10.2 Å². The van der Waals surface area contributed by atoms with Crippen molar-refractivity contribution in [2.75, 3.05) is 32.4 Å². The number of furan rings is 1. The lowest BCUT2D eigenvalue weighted by atomic mass is 9.81. The van der Waals surface area contributed by atoms with Crippen molar-refractivity contribution >= 4 is 16.0 Å². The Kier molecular flexibility index (Phi) is 3.94. The van der Waals surface area contributed by atoms with Crippen LogP contribution in [0.1, 0.15) is 5.76 Å². The fraction of sp³-hybridized carbons (Fsp3) is 0.500. The molecule has 2 aromatic rings. The van der Waals surface area contributed by atoms with Gasteiger partial charge in [-0.3, -0.25) is 14.8 Å².